The van der Waals surface area contributed by atoms with E-state index in [1.54, 1.807) is 23.4 Å². The van der Waals surface area contributed by atoms with Crippen LogP contribution in [0, 0.1) is 11.6 Å². The second-order valence-electron chi connectivity index (χ2n) is 6.89. The molecule has 30 heavy (non-hydrogen) atoms. The summed E-state index contributed by atoms with van der Waals surface area (Å²) >= 11 is 6.34. The molecule has 2 aromatic heterocycles. The Bertz CT molecular complexity index is 1100. The maximum absolute atomic E-state index is 14.1. The number of nitrogens with zero attached hydrogens (tertiary/aromatic N) is 5. The van der Waals surface area contributed by atoms with Crippen molar-refractivity contribution in [3.8, 4) is 0 Å². The van der Waals surface area contributed by atoms with Gasteiger partial charge < -0.3 is 9.64 Å². The van der Waals surface area contributed by atoms with E-state index in [0.717, 1.165) is 6.07 Å². The molecule has 7 nitrogen and oxygen atoms in total. The number of pyridine rings is 1. The van der Waals surface area contributed by atoms with Gasteiger partial charge in [0.15, 0.2) is 11.0 Å². The summed E-state index contributed by atoms with van der Waals surface area (Å²) in [7, 11) is 1.30. The van der Waals surface area contributed by atoms with Crippen LogP contribution in [-0.2, 0) is 16.1 Å². The molecule has 0 aliphatic carbocycles. The third kappa shape index (κ3) is 4.03. The summed E-state index contributed by atoms with van der Waals surface area (Å²) in [6.45, 7) is 1.28. The van der Waals surface area contributed by atoms with E-state index in [1.807, 2.05) is 4.90 Å². The molecular formula is C20H18ClF2N5O2. The van der Waals surface area contributed by atoms with Crippen molar-refractivity contribution in [2.45, 2.75) is 12.6 Å². The summed E-state index contributed by atoms with van der Waals surface area (Å²) in [6, 6.07) is 4.46. The van der Waals surface area contributed by atoms with Crippen LogP contribution in [0.5, 0.6) is 0 Å². The van der Waals surface area contributed by atoms with Gasteiger partial charge in [-0.05, 0) is 12.1 Å². The van der Waals surface area contributed by atoms with Crippen LogP contribution in [0.25, 0.3) is 11.0 Å². The summed E-state index contributed by atoms with van der Waals surface area (Å²) in [5.74, 6) is -1.31. The van der Waals surface area contributed by atoms with Gasteiger partial charge in [0.25, 0.3) is 0 Å². The molecule has 1 fully saturated rings. The van der Waals surface area contributed by atoms with Crippen LogP contribution in [0.15, 0.2) is 36.7 Å². The maximum atomic E-state index is 14.1. The Morgan fingerprint density at radius 1 is 1.23 bits per heavy atom. The number of hydrogen-bond donors (Lipinski definition) is 0. The van der Waals surface area contributed by atoms with E-state index < -0.39 is 23.6 Å². The summed E-state index contributed by atoms with van der Waals surface area (Å²) in [6.07, 6.45) is 3.19. The largest absolute Gasteiger partial charge is 0.468 e. The van der Waals surface area contributed by atoms with Crippen LogP contribution in [0.3, 0.4) is 0 Å². The van der Waals surface area contributed by atoms with Crippen molar-refractivity contribution in [3.63, 3.8) is 0 Å². The molecule has 1 aromatic carbocycles. The van der Waals surface area contributed by atoms with Gasteiger partial charge in [-0.3, -0.25) is 14.7 Å². The van der Waals surface area contributed by atoms with Crippen LogP contribution in [-0.4, -0.2) is 58.6 Å². The first kappa shape index (κ1) is 20.4. The summed E-state index contributed by atoms with van der Waals surface area (Å²) in [5, 5.41) is 0.206. The summed E-state index contributed by atoms with van der Waals surface area (Å²) in [4.78, 5) is 29.0. The van der Waals surface area contributed by atoms with E-state index in [-0.39, 0.29) is 18.2 Å². The molecule has 4 rings (SSSR count). The standard InChI is InChI=1S/C20H18ClF2N5O2/c1-30-20(29)17-11-28(19-18(21)25-16-9-24-5-4-15(16)26-19)7-6-27(17)10-12-2-3-13(22)8-14(12)23/h2-5,8-9,17H,6-7,10-11H2,1H3. The zero-order chi connectivity index (χ0) is 21.3. The highest BCUT2D eigenvalue weighted by Crippen LogP contribution is 2.27. The highest BCUT2D eigenvalue weighted by molar-refractivity contribution is 6.32. The normalized spacial score (nSPS) is 17.3. The van der Waals surface area contributed by atoms with E-state index in [4.69, 9.17) is 16.3 Å². The van der Waals surface area contributed by atoms with Crippen LogP contribution >= 0.6 is 11.6 Å². The topological polar surface area (TPSA) is 71.5 Å². The Kier molecular flexibility index (Phi) is 5.74. The van der Waals surface area contributed by atoms with Crippen molar-refractivity contribution in [2.24, 2.45) is 0 Å². The molecule has 3 aromatic rings. The minimum absolute atomic E-state index is 0.141. The number of ether oxygens (including phenoxy) is 1. The first-order chi connectivity index (χ1) is 14.5. The highest BCUT2D eigenvalue weighted by Gasteiger charge is 2.35. The third-order valence-electron chi connectivity index (χ3n) is 5.06. The second kappa shape index (κ2) is 8.45. The molecule has 1 aliphatic heterocycles. The number of anilines is 1. The number of benzene rings is 1. The van der Waals surface area contributed by atoms with Gasteiger partial charge in [-0.1, -0.05) is 17.7 Å². The first-order valence-corrected chi connectivity index (χ1v) is 9.62. The minimum Gasteiger partial charge on any atom is -0.468 e. The van der Waals surface area contributed by atoms with Crippen LogP contribution < -0.4 is 4.90 Å². The van der Waals surface area contributed by atoms with Gasteiger partial charge in [-0.2, -0.15) is 0 Å². The molecule has 156 valence electrons. The predicted octanol–water partition coefficient (Wildman–Crippen LogP) is 2.82. The Balaban J connectivity index is 1.60. The molecule has 10 heteroatoms. The number of fused-ring (bicyclic) bond motifs is 1. The van der Waals surface area contributed by atoms with Gasteiger partial charge in [0, 0.05) is 44.0 Å². The lowest BCUT2D eigenvalue weighted by atomic mass is 10.1. The molecule has 1 saturated heterocycles. The predicted molar refractivity (Wildman–Crippen MR) is 107 cm³/mol. The summed E-state index contributed by atoms with van der Waals surface area (Å²) < 4.78 is 32.3. The Hall–Kier alpha value is -2.91. The fourth-order valence-electron chi connectivity index (χ4n) is 3.51. The number of aromatic nitrogens is 3. The van der Waals surface area contributed by atoms with Crippen molar-refractivity contribution in [3.05, 3.63) is 59.0 Å². The van der Waals surface area contributed by atoms with E-state index >= 15 is 0 Å². The molecular weight excluding hydrogens is 416 g/mol. The van der Waals surface area contributed by atoms with Crippen molar-refractivity contribution < 1.29 is 18.3 Å². The van der Waals surface area contributed by atoms with Crippen molar-refractivity contribution in [2.75, 3.05) is 31.6 Å². The number of rotatable bonds is 4. The van der Waals surface area contributed by atoms with Gasteiger partial charge in [0.2, 0.25) is 0 Å². The number of esters is 1. The van der Waals surface area contributed by atoms with Crippen molar-refractivity contribution in [1.82, 2.24) is 19.9 Å². The molecule has 1 unspecified atom stereocenters. The van der Waals surface area contributed by atoms with Gasteiger partial charge >= 0.3 is 5.97 Å². The fraction of sp³-hybridized carbons (Fsp3) is 0.300. The lowest BCUT2D eigenvalue weighted by Gasteiger charge is -2.40. The molecule has 3 heterocycles. The lowest BCUT2D eigenvalue weighted by molar-refractivity contribution is -0.147. The quantitative estimate of drug-likeness (QED) is 0.586. The number of halogens is 3. The van der Waals surface area contributed by atoms with E-state index in [9.17, 15) is 13.6 Å². The Labute approximate surface area is 176 Å². The molecule has 0 N–H and O–H groups in total. The Morgan fingerprint density at radius 2 is 2.07 bits per heavy atom. The molecule has 0 radical (unpaired) electrons. The first-order valence-electron chi connectivity index (χ1n) is 9.24. The molecule has 0 bridgehead atoms. The number of methoxy groups -OCH3 is 1. The Morgan fingerprint density at radius 3 is 2.83 bits per heavy atom. The molecule has 1 aliphatic rings. The van der Waals surface area contributed by atoms with Crippen molar-refractivity contribution in [1.29, 1.82) is 0 Å². The van der Waals surface area contributed by atoms with Gasteiger partial charge in [0.1, 0.15) is 23.2 Å². The van der Waals surface area contributed by atoms with Gasteiger partial charge in [-0.25, -0.2) is 18.7 Å². The minimum atomic E-state index is -0.681. The molecule has 0 amide bonds. The third-order valence-corrected chi connectivity index (χ3v) is 5.31. The van der Waals surface area contributed by atoms with E-state index in [0.29, 0.717) is 35.5 Å². The number of hydrogen-bond acceptors (Lipinski definition) is 7. The molecule has 0 saturated carbocycles. The zero-order valence-corrected chi connectivity index (χ0v) is 16.8. The van der Waals surface area contributed by atoms with E-state index in [2.05, 4.69) is 15.0 Å². The SMILES string of the molecule is COC(=O)C1CN(c2nc3ccncc3nc2Cl)CCN1Cc1ccc(F)cc1F. The summed E-state index contributed by atoms with van der Waals surface area (Å²) in [5.41, 5.74) is 1.51. The maximum Gasteiger partial charge on any atom is 0.324 e. The highest BCUT2D eigenvalue weighted by atomic mass is 35.5. The number of carbonyl (C=O) groups excluding carboxylic acids is 1. The van der Waals surface area contributed by atoms with Gasteiger partial charge in [0.05, 0.1) is 18.8 Å². The second-order valence-corrected chi connectivity index (χ2v) is 7.25. The zero-order valence-electron chi connectivity index (χ0n) is 16.1. The number of carbonyl (C=O) groups is 1. The van der Waals surface area contributed by atoms with Crippen molar-refractivity contribution >= 4 is 34.4 Å². The van der Waals surface area contributed by atoms with Crippen LogP contribution in [0.4, 0.5) is 14.6 Å². The van der Waals surface area contributed by atoms with E-state index in [1.165, 1.54) is 19.2 Å². The monoisotopic (exact) mass is 433 g/mol. The van der Waals surface area contributed by atoms with Crippen LogP contribution in [0.2, 0.25) is 5.15 Å². The smallest absolute Gasteiger partial charge is 0.324 e. The molecule has 1 atom stereocenters. The fourth-order valence-corrected chi connectivity index (χ4v) is 3.76. The van der Waals surface area contributed by atoms with Crippen LogP contribution in [0.1, 0.15) is 5.56 Å². The average Bonchev–Trinajstić information content (AvgIpc) is 2.75. The lowest BCUT2D eigenvalue weighted by Crippen LogP contribution is -2.56. The average molecular weight is 434 g/mol. The molecule has 0 spiro atoms. The number of piperazine rings is 1. The van der Waals surface area contributed by atoms with Gasteiger partial charge in [-0.15, -0.1) is 0 Å².